The molecule has 0 atom stereocenters. The molecule has 0 N–H and O–H groups in total. The normalized spacial score (nSPS) is 14.5. The van der Waals surface area contributed by atoms with Crippen LogP contribution in [0.2, 0.25) is 0 Å². The topological polar surface area (TPSA) is 58.5 Å². The van der Waals surface area contributed by atoms with E-state index in [2.05, 4.69) is 4.99 Å². The molecule has 0 fully saturated rings. The molecule has 0 spiro atoms. The first-order valence-electron chi connectivity index (χ1n) is 7.33. The number of hydrogen-bond acceptors (Lipinski definition) is 6. The lowest BCUT2D eigenvalue weighted by atomic mass is 10.2. The van der Waals surface area contributed by atoms with Crippen molar-refractivity contribution in [2.45, 2.75) is 6.92 Å². The predicted molar refractivity (Wildman–Crippen MR) is 83.6 cm³/mol. The summed E-state index contributed by atoms with van der Waals surface area (Å²) in [5.41, 5.74) is 1.60. The fourth-order valence-corrected chi connectivity index (χ4v) is 2.43. The van der Waals surface area contributed by atoms with Gasteiger partial charge in [0.1, 0.15) is 5.75 Å². The molecule has 4 rings (SSSR count). The van der Waals surface area contributed by atoms with Crippen LogP contribution in [0.3, 0.4) is 0 Å². The number of fused-ring (bicyclic) bond motifs is 2. The number of ether oxygens (including phenoxy) is 5. The van der Waals surface area contributed by atoms with Gasteiger partial charge in [0.2, 0.25) is 13.6 Å². The highest BCUT2D eigenvalue weighted by molar-refractivity contribution is 5.87. The van der Waals surface area contributed by atoms with Gasteiger partial charge in [-0.05, 0) is 25.1 Å². The third-order valence-electron chi connectivity index (χ3n) is 3.51. The van der Waals surface area contributed by atoms with Crippen LogP contribution in [-0.2, 0) is 0 Å². The first kappa shape index (κ1) is 13.8. The van der Waals surface area contributed by atoms with E-state index in [9.17, 15) is 0 Å². The van der Waals surface area contributed by atoms with Crippen LogP contribution in [0, 0.1) is 0 Å². The highest BCUT2D eigenvalue weighted by atomic mass is 16.7. The predicted octanol–water partition coefficient (Wildman–Crippen LogP) is 3.29. The number of benzene rings is 2. The Kier molecular flexibility index (Phi) is 3.42. The Morgan fingerprint density at radius 1 is 0.957 bits per heavy atom. The Morgan fingerprint density at radius 2 is 1.65 bits per heavy atom. The van der Waals surface area contributed by atoms with Crippen molar-refractivity contribution >= 4 is 11.9 Å². The van der Waals surface area contributed by atoms with Gasteiger partial charge in [0.05, 0.1) is 12.3 Å². The quantitative estimate of drug-likeness (QED) is 0.811. The largest absolute Gasteiger partial charge is 0.493 e. The molecule has 0 radical (unpaired) electrons. The molecule has 6 nitrogen and oxygen atoms in total. The second-order valence-electron chi connectivity index (χ2n) is 4.97. The third kappa shape index (κ3) is 2.63. The minimum absolute atomic E-state index is 0.226. The van der Waals surface area contributed by atoms with E-state index in [1.54, 1.807) is 6.21 Å². The summed E-state index contributed by atoms with van der Waals surface area (Å²) >= 11 is 0. The average Bonchev–Trinajstić information content (AvgIpc) is 3.20. The number of aliphatic imine (C=N–C) groups is 1. The van der Waals surface area contributed by atoms with Crippen molar-refractivity contribution in [2.75, 3.05) is 20.2 Å². The van der Waals surface area contributed by atoms with Gasteiger partial charge in [-0.2, -0.15) is 0 Å². The maximum atomic E-state index is 5.65. The van der Waals surface area contributed by atoms with Crippen LogP contribution in [0.25, 0.3) is 0 Å². The van der Waals surface area contributed by atoms with E-state index in [4.69, 9.17) is 23.7 Å². The van der Waals surface area contributed by atoms with E-state index >= 15 is 0 Å². The van der Waals surface area contributed by atoms with Crippen LogP contribution >= 0.6 is 0 Å². The molecule has 23 heavy (non-hydrogen) atoms. The second kappa shape index (κ2) is 5.72. The molecule has 0 amide bonds. The maximum Gasteiger partial charge on any atom is 0.231 e. The molecular formula is C17H15NO5. The third-order valence-corrected chi connectivity index (χ3v) is 3.51. The molecule has 2 aromatic rings. The van der Waals surface area contributed by atoms with Crippen LogP contribution in [0.1, 0.15) is 12.5 Å². The van der Waals surface area contributed by atoms with Gasteiger partial charge in [-0.25, -0.2) is 0 Å². The Hall–Kier alpha value is -2.89. The molecule has 118 valence electrons. The van der Waals surface area contributed by atoms with Gasteiger partial charge in [-0.3, -0.25) is 4.99 Å². The Bertz CT molecular complexity index is 772. The SMILES string of the molecule is CCOc1cc2c(cc1C=Nc1ccc3c(c1)OCO3)OCO2. The van der Waals surface area contributed by atoms with Crippen LogP contribution in [-0.4, -0.2) is 26.4 Å². The first-order valence-corrected chi connectivity index (χ1v) is 7.33. The summed E-state index contributed by atoms with van der Waals surface area (Å²) in [4.78, 5) is 4.49. The molecule has 2 aliphatic rings. The van der Waals surface area contributed by atoms with Crippen molar-refractivity contribution in [2.24, 2.45) is 4.99 Å². The zero-order chi connectivity index (χ0) is 15.6. The molecule has 0 aromatic heterocycles. The lowest BCUT2D eigenvalue weighted by molar-refractivity contribution is 0.173. The molecule has 0 aliphatic carbocycles. The summed E-state index contributed by atoms with van der Waals surface area (Å²) in [7, 11) is 0. The molecule has 6 heteroatoms. The van der Waals surface area contributed by atoms with Crippen LogP contribution in [0.4, 0.5) is 5.69 Å². The number of nitrogens with zero attached hydrogens (tertiary/aromatic N) is 1. The van der Waals surface area contributed by atoms with Gasteiger partial charge in [0.25, 0.3) is 0 Å². The second-order valence-corrected chi connectivity index (χ2v) is 4.97. The lowest BCUT2D eigenvalue weighted by Crippen LogP contribution is -1.96. The summed E-state index contributed by atoms with van der Waals surface area (Å²) < 4.78 is 27.1. The summed E-state index contributed by atoms with van der Waals surface area (Å²) in [5, 5.41) is 0. The highest BCUT2D eigenvalue weighted by Gasteiger charge is 2.17. The van der Waals surface area contributed by atoms with E-state index < -0.39 is 0 Å². The molecular weight excluding hydrogens is 298 g/mol. The van der Waals surface area contributed by atoms with Gasteiger partial charge in [0, 0.05) is 23.9 Å². The van der Waals surface area contributed by atoms with Gasteiger partial charge in [-0.1, -0.05) is 0 Å². The molecule has 0 bridgehead atoms. The smallest absolute Gasteiger partial charge is 0.231 e. The summed E-state index contributed by atoms with van der Waals surface area (Å²) in [6.45, 7) is 2.97. The van der Waals surface area contributed by atoms with Crippen molar-refractivity contribution < 1.29 is 23.7 Å². The van der Waals surface area contributed by atoms with Crippen molar-refractivity contribution in [1.82, 2.24) is 0 Å². The van der Waals surface area contributed by atoms with Crippen molar-refractivity contribution in [3.05, 3.63) is 35.9 Å². The van der Waals surface area contributed by atoms with E-state index in [0.29, 0.717) is 29.6 Å². The zero-order valence-corrected chi connectivity index (χ0v) is 12.6. The monoisotopic (exact) mass is 313 g/mol. The Labute approximate surface area is 133 Å². The standard InChI is InChI=1S/C17H15NO5/c1-2-19-14-7-17-15(21-10-23-17)5-11(14)8-18-12-3-4-13-16(6-12)22-9-20-13/h3-8H,2,9-10H2,1H3. The fourth-order valence-electron chi connectivity index (χ4n) is 2.43. The van der Waals surface area contributed by atoms with Crippen molar-refractivity contribution in [1.29, 1.82) is 0 Å². The van der Waals surface area contributed by atoms with Gasteiger partial charge < -0.3 is 23.7 Å². The fraction of sp³-hybridized carbons (Fsp3) is 0.235. The molecule has 0 saturated heterocycles. The zero-order valence-electron chi connectivity index (χ0n) is 12.6. The Morgan fingerprint density at radius 3 is 2.43 bits per heavy atom. The molecule has 2 heterocycles. The molecule has 2 aromatic carbocycles. The van der Waals surface area contributed by atoms with Crippen LogP contribution in [0.5, 0.6) is 28.7 Å². The van der Waals surface area contributed by atoms with E-state index in [1.165, 1.54) is 0 Å². The van der Waals surface area contributed by atoms with Gasteiger partial charge >= 0.3 is 0 Å². The summed E-state index contributed by atoms with van der Waals surface area (Å²) in [6.07, 6.45) is 1.74. The highest BCUT2D eigenvalue weighted by Crippen LogP contribution is 2.38. The van der Waals surface area contributed by atoms with E-state index in [1.807, 2.05) is 37.3 Å². The maximum absolute atomic E-state index is 5.65. The van der Waals surface area contributed by atoms with E-state index in [0.717, 1.165) is 17.0 Å². The summed E-state index contributed by atoms with van der Waals surface area (Å²) in [5.74, 6) is 3.54. The number of rotatable bonds is 4. The van der Waals surface area contributed by atoms with Crippen LogP contribution in [0.15, 0.2) is 35.3 Å². The molecule has 2 aliphatic heterocycles. The van der Waals surface area contributed by atoms with Crippen LogP contribution < -0.4 is 23.7 Å². The van der Waals surface area contributed by atoms with Crippen molar-refractivity contribution in [3.8, 4) is 28.7 Å². The summed E-state index contributed by atoms with van der Waals surface area (Å²) in [6, 6.07) is 9.25. The Balaban J connectivity index is 1.65. The first-order chi connectivity index (χ1) is 11.3. The van der Waals surface area contributed by atoms with Gasteiger partial charge in [0.15, 0.2) is 23.0 Å². The lowest BCUT2D eigenvalue weighted by Gasteiger charge is -2.08. The minimum atomic E-state index is 0.226. The van der Waals surface area contributed by atoms with Crippen molar-refractivity contribution in [3.63, 3.8) is 0 Å². The number of hydrogen-bond donors (Lipinski definition) is 0. The molecule has 0 unspecified atom stereocenters. The minimum Gasteiger partial charge on any atom is -0.493 e. The average molecular weight is 313 g/mol. The molecule has 0 saturated carbocycles. The van der Waals surface area contributed by atoms with Gasteiger partial charge in [-0.15, -0.1) is 0 Å². The van der Waals surface area contributed by atoms with E-state index in [-0.39, 0.29) is 13.6 Å².